The van der Waals surface area contributed by atoms with Crippen LogP contribution in [0.5, 0.6) is 0 Å². The Labute approximate surface area is 167 Å². The Hall–Kier alpha value is -2.08. The molecule has 0 bridgehead atoms. The molecule has 1 atom stereocenters. The maximum Gasteiger partial charge on any atom is 0.408 e. The molecular weight excluding hydrogens is 358 g/mol. The van der Waals surface area contributed by atoms with E-state index >= 15 is 0 Å². The molecule has 1 N–H and O–H groups in total. The Morgan fingerprint density at radius 3 is 2.39 bits per heavy atom. The van der Waals surface area contributed by atoms with Gasteiger partial charge in [0.05, 0.1) is 6.61 Å². The number of hydrogen-bond donors (Lipinski definition) is 1. The van der Waals surface area contributed by atoms with Gasteiger partial charge in [0.25, 0.3) is 0 Å². The highest BCUT2D eigenvalue weighted by Gasteiger charge is 2.28. The highest BCUT2D eigenvalue weighted by Crippen LogP contribution is 2.21. The molecule has 1 aromatic carbocycles. The molecule has 0 heterocycles. The molecule has 0 radical (unpaired) electrons. The van der Waals surface area contributed by atoms with Crippen LogP contribution in [0.15, 0.2) is 24.3 Å². The maximum atomic E-state index is 12.6. The van der Waals surface area contributed by atoms with Crippen LogP contribution in [0.3, 0.4) is 0 Å². The number of ether oxygens (including phenoxy) is 3. The molecule has 1 aliphatic rings. The van der Waals surface area contributed by atoms with E-state index in [0.717, 1.165) is 31.2 Å². The molecule has 1 amide bonds. The number of nitrogens with one attached hydrogen (secondary N) is 1. The van der Waals surface area contributed by atoms with Crippen LogP contribution in [-0.4, -0.2) is 36.4 Å². The molecule has 2 rings (SSSR count). The number of rotatable bonds is 8. The normalized spacial score (nSPS) is 15.9. The van der Waals surface area contributed by atoms with E-state index in [2.05, 4.69) is 5.32 Å². The Morgan fingerprint density at radius 1 is 1.14 bits per heavy atom. The van der Waals surface area contributed by atoms with E-state index in [9.17, 15) is 9.59 Å². The van der Waals surface area contributed by atoms with E-state index in [1.54, 1.807) is 20.8 Å². The van der Waals surface area contributed by atoms with Gasteiger partial charge in [-0.2, -0.15) is 0 Å². The highest BCUT2D eigenvalue weighted by atomic mass is 16.6. The molecule has 1 unspecified atom stereocenters. The summed E-state index contributed by atoms with van der Waals surface area (Å²) in [6.45, 7) is 8.16. The lowest BCUT2D eigenvalue weighted by molar-refractivity contribution is -0.151. The molecular formula is C22H33NO5. The third kappa shape index (κ3) is 8.30. The highest BCUT2D eigenvalue weighted by molar-refractivity contribution is 5.81. The van der Waals surface area contributed by atoms with Crippen LogP contribution in [0.2, 0.25) is 0 Å². The summed E-state index contributed by atoms with van der Waals surface area (Å²) in [7, 11) is 0. The zero-order valence-corrected chi connectivity index (χ0v) is 17.5. The van der Waals surface area contributed by atoms with Gasteiger partial charge in [0, 0.05) is 13.0 Å². The number of benzene rings is 1. The van der Waals surface area contributed by atoms with Gasteiger partial charge in [0.1, 0.15) is 17.7 Å². The van der Waals surface area contributed by atoms with Gasteiger partial charge in [-0.3, -0.25) is 0 Å². The van der Waals surface area contributed by atoms with Gasteiger partial charge in [-0.05, 0) is 58.9 Å². The summed E-state index contributed by atoms with van der Waals surface area (Å²) in [6, 6.07) is 7.31. The smallest absolute Gasteiger partial charge is 0.408 e. The van der Waals surface area contributed by atoms with Crippen LogP contribution in [0.4, 0.5) is 4.79 Å². The van der Waals surface area contributed by atoms with Crippen LogP contribution in [0.1, 0.15) is 64.0 Å². The summed E-state index contributed by atoms with van der Waals surface area (Å²) < 4.78 is 16.5. The van der Waals surface area contributed by atoms with Crippen molar-refractivity contribution < 1.29 is 23.8 Å². The van der Waals surface area contributed by atoms with E-state index in [4.69, 9.17) is 14.2 Å². The van der Waals surface area contributed by atoms with Crippen molar-refractivity contribution in [1.29, 1.82) is 0 Å². The average Bonchev–Trinajstić information content (AvgIpc) is 3.10. The van der Waals surface area contributed by atoms with Crippen molar-refractivity contribution in [2.24, 2.45) is 0 Å². The van der Waals surface area contributed by atoms with E-state index in [1.165, 1.54) is 5.56 Å². The number of amides is 1. The van der Waals surface area contributed by atoms with Crippen LogP contribution >= 0.6 is 0 Å². The van der Waals surface area contributed by atoms with Crippen molar-refractivity contribution >= 4 is 12.1 Å². The fraction of sp³-hybridized carbons (Fsp3) is 0.636. The van der Waals surface area contributed by atoms with Crippen molar-refractivity contribution in [2.75, 3.05) is 6.61 Å². The molecule has 1 aromatic rings. The second-order valence-electron chi connectivity index (χ2n) is 8.37. The summed E-state index contributed by atoms with van der Waals surface area (Å²) in [5.41, 5.74) is 1.63. The Bertz CT molecular complexity index is 629. The van der Waals surface area contributed by atoms with E-state index in [-0.39, 0.29) is 6.10 Å². The lowest BCUT2D eigenvalue weighted by Crippen LogP contribution is -2.45. The van der Waals surface area contributed by atoms with Crippen LogP contribution in [0.25, 0.3) is 0 Å². The lowest BCUT2D eigenvalue weighted by atomic mass is 10.2. The first kappa shape index (κ1) is 22.2. The van der Waals surface area contributed by atoms with E-state index in [0.29, 0.717) is 19.6 Å². The number of aryl methyl sites for hydroxylation is 1. The third-order valence-electron chi connectivity index (χ3n) is 4.50. The average molecular weight is 392 g/mol. The van der Waals surface area contributed by atoms with Crippen molar-refractivity contribution in [3.8, 4) is 0 Å². The number of hydrogen-bond acceptors (Lipinski definition) is 5. The first-order valence-electron chi connectivity index (χ1n) is 10.1. The Morgan fingerprint density at radius 2 is 1.79 bits per heavy atom. The van der Waals surface area contributed by atoms with Gasteiger partial charge < -0.3 is 19.5 Å². The molecule has 1 fully saturated rings. The number of carbonyl (C=O) groups excluding carboxylic acids is 2. The van der Waals surface area contributed by atoms with Crippen molar-refractivity contribution in [3.63, 3.8) is 0 Å². The summed E-state index contributed by atoms with van der Waals surface area (Å²) in [4.78, 5) is 24.7. The predicted octanol–water partition coefficient (Wildman–Crippen LogP) is 4.28. The number of carbonyl (C=O) groups is 2. The minimum Gasteiger partial charge on any atom is -0.461 e. The van der Waals surface area contributed by atoms with Crippen LogP contribution < -0.4 is 5.32 Å². The minimum atomic E-state index is -0.784. The maximum absolute atomic E-state index is 12.6. The van der Waals surface area contributed by atoms with Crippen LogP contribution in [0, 0.1) is 6.92 Å². The minimum absolute atomic E-state index is 0.0519. The van der Waals surface area contributed by atoms with Crippen molar-refractivity contribution in [1.82, 2.24) is 5.32 Å². The molecule has 156 valence electrons. The van der Waals surface area contributed by atoms with E-state index in [1.807, 2.05) is 31.2 Å². The topological polar surface area (TPSA) is 73.9 Å². The first-order chi connectivity index (χ1) is 13.2. The zero-order valence-electron chi connectivity index (χ0n) is 17.5. The summed E-state index contributed by atoms with van der Waals surface area (Å²) in [6.07, 6.45) is 3.56. The fourth-order valence-corrected chi connectivity index (χ4v) is 3.03. The fourth-order valence-electron chi connectivity index (χ4n) is 3.03. The lowest BCUT2D eigenvalue weighted by Gasteiger charge is -2.24. The molecule has 6 heteroatoms. The molecule has 0 spiro atoms. The number of esters is 1. The van der Waals surface area contributed by atoms with E-state index < -0.39 is 23.7 Å². The molecule has 0 aromatic heterocycles. The quantitative estimate of drug-likeness (QED) is 0.529. The summed E-state index contributed by atoms with van der Waals surface area (Å²) >= 11 is 0. The standard InChI is InChI=1S/C22H33NO5/c1-16-9-11-17(12-10-16)15-26-14-13-19(23-21(25)28-22(2,3)4)20(24)27-18-7-5-6-8-18/h9-12,18-19H,5-8,13-15H2,1-4H3,(H,23,25). The molecule has 28 heavy (non-hydrogen) atoms. The molecule has 0 saturated heterocycles. The summed E-state index contributed by atoms with van der Waals surface area (Å²) in [5, 5.41) is 2.64. The zero-order chi connectivity index (χ0) is 20.6. The van der Waals surface area contributed by atoms with Gasteiger partial charge in [-0.25, -0.2) is 9.59 Å². The van der Waals surface area contributed by atoms with Gasteiger partial charge >= 0.3 is 12.1 Å². The third-order valence-corrected chi connectivity index (χ3v) is 4.50. The van der Waals surface area contributed by atoms with Gasteiger partial charge in [0.15, 0.2) is 0 Å². The van der Waals surface area contributed by atoms with Crippen LogP contribution in [-0.2, 0) is 25.6 Å². The van der Waals surface area contributed by atoms with Gasteiger partial charge in [-0.1, -0.05) is 29.8 Å². The largest absolute Gasteiger partial charge is 0.461 e. The second kappa shape index (κ2) is 10.5. The first-order valence-corrected chi connectivity index (χ1v) is 10.1. The van der Waals surface area contributed by atoms with Gasteiger partial charge in [-0.15, -0.1) is 0 Å². The number of alkyl carbamates (subject to hydrolysis) is 1. The SMILES string of the molecule is Cc1ccc(COCCC(NC(=O)OC(C)(C)C)C(=O)OC2CCCC2)cc1. The van der Waals surface area contributed by atoms with Gasteiger partial charge in [0.2, 0.25) is 0 Å². The summed E-state index contributed by atoms with van der Waals surface area (Å²) in [5.74, 6) is -0.420. The monoisotopic (exact) mass is 391 g/mol. The molecule has 1 saturated carbocycles. The molecule has 6 nitrogen and oxygen atoms in total. The molecule has 1 aliphatic carbocycles. The van der Waals surface area contributed by atoms with Crippen molar-refractivity contribution in [2.45, 2.75) is 84.2 Å². The predicted molar refractivity (Wildman–Crippen MR) is 107 cm³/mol. The Kier molecular flexibility index (Phi) is 8.30. The molecule has 0 aliphatic heterocycles. The Balaban J connectivity index is 1.85. The second-order valence-corrected chi connectivity index (χ2v) is 8.37. The van der Waals surface area contributed by atoms with Crippen molar-refractivity contribution in [3.05, 3.63) is 35.4 Å².